The molecule has 1 heterocycles. The fourth-order valence-corrected chi connectivity index (χ4v) is 2.60. The number of likely N-dealkylation sites (N-methyl/N-ethyl adjacent to an activating group) is 1. The van der Waals surface area contributed by atoms with Crippen molar-refractivity contribution in [1.82, 2.24) is 5.32 Å². The van der Waals surface area contributed by atoms with Gasteiger partial charge >= 0.3 is 0 Å². The molecule has 0 spiro atoms. The van der Waals surface area contributed by atoms with Gasteiger partial charge < -0.3 is 19.7 Å². The molecular formula is C18H18N2O4. The van der Waals surface area contributed by atoms with Crippen LogP contribution in [0, 0.1) is 0 Å². The van der Waals surface area contributed by atoms with Crippen LogP contribution in [0.5, 0.6) is 11.5 Å². The average Bonchev–Trinajstić information content (AvgIpc) is 2.62. The van der Waals surface area contributed by atoms with Crippen molar-refractivity contribution in [2.45, 2.75) is 6.54 Å². The number of ether oxygens (including phenoxy) is 2. The highest BCUT2D eigenvalue weighted by atomic mass is 16.5. The number of benzene rings is 2. The first-order chi connectivity index (χ1) is 11.6. The van der Waals surface area contributed by atoms with Crippen molar-refractivity contribution in [3.8, 4) is 11.5 Å². The zero-order chi connectivity index (χ0) is 17.1. The topological polar surface area (TPSA) is 67.9 Å². The molecule has 0 fully saturated rings. The maximum atomic E-state index is 12.5. The van der Waals surface area contributed by atoms with Crippen LogP contribution in [0.1, 0.15) is 15.9 Å². The number of anilines is 1. The van der Waals surface area contributed by atoms with E-state index in [2.05, 4.69) is 5.32 Å². The molecule has 0 bridgehead atoms. The van der Waals surface area contributed by atoms with Crippen molar-refractivity contribution in [2.75, 3.05) is 25.7 Å². The molecule has 2 amide bonds. The van der Waals surface area contributed by atoms with E-state index in [4.69, 9.17) is 9.47 Å². The summed E-state index contributed by atoms with van der Waals surface area (Å²) in [6.07, 6.45) is 0. The molecule has 1 aliphatic heterocycles. The van der Waals surface area contributed by atoms with Crippen molar-refractivity contribution < 1.29 is 19.1 Å². The van der Waals surface area contributed by atoms with E-state index < -0.39 is 0 Å². The number of hydrogen-bond donors (Lipinski definition) is 1. The van der Waals surface area contributed by atoms with E-state index in [0.29, 0.717) is 23.5 Å². The lowest BCUT2D eigenvalue weighted by Crippen LogP contribution is -2.36. The van der Waals surface area contributed by atoms with Gasteiger partial charge in [0.2, 0.25) is 0 Å². The predicted molar refractivity (Wildman–Crippen MR) is 89.5 cm³/mol. The van der Waals surface area contributed by atoms with Crippen LogP contribution in [-0.4, -0.2) is 32.6 Å². The largest absolute Gasteiger partial charge is 0.496 e. The van der Waals surface area contributed by atoms with Crippen molar-refractivity contribution >= 4 is 17.5 Å². The number of amides is 2. The number of fused-ring (bicyclic) bond motifs is 1. The van der Waals surface area contributed by atoms with Gasteiger partial charge in [0.05, 0.1) is 18.4 Å². The second kappa shape index (κ2) is 6.62. The smallest absolute Gasteiger partial charge is 0.264 e. The molecular weight excluding hydrogens is 308 g/mol. The summed E-state index contributed by atoms with van der Waals surface area (Å²) < 4.78 is 10.8. The molecule has 0 saturated carbocycles. The van der Waals surface area contributed by atoms with E-state index in [1.165, 1.54) is 4.90 Å². The summed E-state index contributed by atoms with van der Waals surface area (Å²) in [4.78, 5) is 25.7. The lowest BCUT2D eigenvalue weighted by atomic mass is 10.1. The molecule has 2 aromatic carbocycles. The fourth-order valence-electron chi connectivity index (χ4n) is 2.60. The minimum Gasteiger partial charge on any atom is -0.496 e. The number of nitrogens with zero attached hydrogens (tertiary/aromatic N) is 1. The van der Waals surface area contributed by atoms with Crippen LogP contribution in [0.25, 0.3) is 0 Å². The minimum atomic E-state index is -0.263. The SMILES string of the molecule is COc1ccccc1CNC(=O)c1cccc2c1OCC(=O)N2C. The summed E-state index contributed by atoms with van der Waals surface area (Å²) in [5.74, 6) is 0.737. The Bertz CT molecular complexity index is 788. The van der Waals surface area contributed by atoms with Gasteiger partial charge in [-0.2, -0.15) is 0 Å². The van der Waals surface area contributed by atoms with E-state index in [1.54, 1.807) is 32.4 Å². The van der Waals surface area contributed by atoms with Gasteiger partial charge in [0.15, 0.2) is 12.4 Å². The number of hydrogen-bond acceptors (Lipinski definition) is 4. The van der Waals surface area contributed by atoms with Gasteiger partial charge in [0, 0.05) is 19.2 Å². The Labute approximate surface area is 140 Å². The Kier molecular flexibility index (Phi) is 4.37. The summed E-state index contributed by atoms with van der Waals surface area (Å²) in [6, 6.07) is 12.7. The quantitative estimate of drug-likeness (QED) is 0.933. The Hall–Kier alpha value is -3.02. The number of methoxy groups -OCH3 is 1. The van der Waals surface area contributed by atoms with Crippen molar-refractivity contribution in [3.05, 3.63) is 53.6 Å². The molecule has 0 aliphatic carbocycles. The number of rotatable bonds is 4. The summed E-state index contributed by atoms with van der Waals surface area (Å²) in [7, 11) is 3.26. The lowest BCUT2D eigenvalue weighted by molar-refractivity contribution is -0.121. The highest BCUT2D eigenvalue weighted by molar-refractivity contribution is 6.03. The third kappa shape index (κ3) is 2.90. The van der Waals surface area contributed by atoms with Crippen LogP contribution in [0.4, 0.5) is 5.69 Å². The van der Waals surface area contributed by atoms with E-state index >= 15 is 0 Å². The molecule has 0 saturated heterocycles. The fraction of sp³-hybridized carbons (Fsp3) is 0.222. The Morgan fingerprint density at radius 3 is 2.83 bits per heavy atom. The average molecular weight is 326 g/mol. The summed E-state index contributed by atoms with van der Waals surface area (Å²) >= 11 is 0. The highest BCUT2D eigenvalue weighted by Crippen LogP contribution is 2.34. The van der Waals surface area contributed by atoms with Crippen molar-refractivity contribution in [1.29, 1.82) is 0 Å². The molecule has 1 N–H and O–H groups in total. The molecule has 3 rings (SSSR count). The summed E-state index contributed by atoms with van der Waals surface area (Å²) in [5, 5.41) is 2.86. The van der Waals surface area contributed by atoms with E-state index in [-0.39, 0.29) is 18.4 Å². The molecule has 24 heavy (non-hydrogen) atoms. The minimum absolute atomic E-state index is 0.0691. The van der Waals surface area contributed by atoms with Crippen molar-refractivity contribution in [2.24, 2.45) is 0 Å². The summed E-state index contributed by atoms with van der Waals surface area (Å²) in [5.41, 5.74) is 1.88. The zero-order valence-electron chi connectivity index (χ0n) is 13.5. The molecule has 0 aromatic heterocycles. The van der Waals surface area contributed by atoms with Gasteiger partial charge in [-0.15, -0.1) is 0 Å². The van der Waals surface area contributed by atoms with Crippen molar-refractivity contribution in [3.63, 3.8) is 0 Å². The number of para-hydroxylation sites is 2. The molecule has 2 aromatic rings. The molecule has 1 aliphatic rings. The first kappa shape index (κ1) is 15.9. The van der Waals surface area contributed by atoms with Crippen LogP contribution in [0.15, 0.2) is 42.5 Å². The number of carbonyl (C=O) groups is 2. The Morgan fingerprint density at radius 2 is 2.04 bits per heavy atom. The molecule has 124 valence electrons. The van der Waals surface area contributed by atoms with Gasteiger partial charge in [-0.25, -0.2) is 0 Å². The van der Waals surface area contributed by atoms with E-state index in [0.717, 1.165) is 11.3 Å². The van der Waals surface area contributed by atoms with Crippen LogP contribution >= 0.6 is 0 Å². The molecule has 0 radical (unpaired) electrons. The molecule has 6 nitrogen and oxygen atoms in total. The second-order valence-electron chi connectivity index (χ2n) is 5.39. The number of nitrogens with one attached hydrogen (secondary N) is 1. The van der Waals surface area contributed by atoms with Gasteiger partial charge in [0.1, 0.15) is 5.75 Å². The van der Waals surface area contributed by atoms with E-state index in [1.807, 2.05) is 24.3 Å². The van der Waals surface area contributed by atoms with Crippen LogP contribution < -0.4 is 19.7 Å². The van der Waals surface area contributed by atoms with Crippen LogP contribution in [0.2, 0.25) is 0 Å². The number of carbonyl (C=O) groups excluding carboxylic acids is 2. The Morgan fingerprint density at radius 1 is 1.25 bits per heavy atom. The molecule has 6 heteroatoms. The van der Waals surface area contributed by atoms with E-state index in [9.17, 15) is 9.59 Å². The lowest BCUT2D eigenvalue weighted by Gasteiger charge is -2.27. The normalized spacial score (nSPS) is 13.1. The standard InChI is InChI=1S/C18H18N2O4/c1-20-14-8-5-7-13(17(14)24-11-16(20)21)18(22)19-10-12-6-3-4-9-15(12)23-2/h3-9H,10-11H2,1-2H3,(H,19,22). The van der Waals surface area contributed by atoms with Gasteiger partial charge in [-0.3, -0.25) is 9.59 Å². The van der Waals surface area contributed by atoms with Crippen LogP contribution in [0.3, 0.4) is 0 Å². The van der Waals surface area contributed by atoms with Crippen LogP contribution in [-0.2, 0) is 11.3 Å². The highest BCUT2D eigenvalue weighted by Gasteiger charge is 2.26. The first-order valence-corrected chi connectivity index (χ1v) is 7.54. The van der Waals surface area contributed by atoms with Gasteiger partial charge in [-0.1, -0.05) is 24.3 Å². The molecule has 0 atom stereocenters. The maximum absolute atomic E-state index is 12.5. The first-order valence-electron chi connectivity index (χ1n) is 7.54. The third-order valence-electron chi connectivity index (χ3n) is 3.95. The van der Waals surface area contributed by atoms with Gasteiger partial charge in [0.25, 0.3) is 11.8 Å². The second-order valence-corrected chi connectivity index (χ2v) is 5.39. The monoisotopic (exact) mass is 326 g/mol. The predicted octanol–water partition coefficient (Wildman–Crippen LogP) is 1.98. The molecule has 0 unspecified atom stereocenters. The Balaban J connectivity index is 1.80. The zero-order valence-corrected chi connectivity index (χ0v) is 13.5. The van der Waals surface area contributed by atoms with Gasteiger partial charge in [-0.05, 0) is 18.2 Å². The maximum Gasteiger partial charge on any atom is 0.264 e. The third-order valence-corrected chi connectivity index (χ3v) is 3.95. The summed E-state index contributed by atoms with van der Waals surface area (Å²) in [6.45, 7) is 0.265.